The smallest absolute Gasteiger partial charge is 0.229 e. The number of piperidine rings is 1. The third-order valence-corrected chi connectivity index (χ3v) is 4.81. The molecule has 1 amide bonds. The summed E-state index contributed by atoms with van der Waals surface area (Å²) >= 11 is 3.34. The average Bonchev–Trinajstić information content (AvgIpc) is 3.03. The van der Waals surface area contributed by atoms with Crippen LogP contribution in [0.3, 0.4) is 0 Å². The molecule has 2 aliphatic rings. The molecule has 2 fully saturated rings. The second-order valence-electron chi connectivity index (χ2n) is 6.08. The summed E-state index contributed by atoms with van der Waals surface area (Å²) in [6.07, 6.45) is 6.38. The van der Waals surface area contributed by atoms with E-state index in [0.717, 1.165) is 56.4 Å². The molecule has 0 aromatic carbocycles. The largest absolute Gasteiger partial charge is 0.377 e. The summed E-state index contributed by atoms with van der Waals surface area (Å²) in [6.45, 7) is 3.74. The minimum absolute atomic E-state index is 0.0422. The van der Waals surface area contributed by atoms with E-state index >= 15 is 0 Å². The summed E-state index contributed by atoms with van der Waals surface area (Å²) in [5.74, 6) is 0.733. The first kappa shape index (κ1) is 15.9. The summed E-state index contributed by atoms with van der Waals surface area (Å²) < 4.78 is 6.61. The molecule has 1 aromatic heterocycles. The molecular weight excluding hydrogens is 346 g/mol. The maximum atomic E-state index is 12.4. The first-order chi connectivity index (χ1) is 10.7. The number of hydrogen-bond acceptors (Lipinski definition) is 4. The lowest BCUT2D eigenvalue weighted by Crippen LogP contribution is -2.43. The van der Waals surface area contributed by atoms with Gasteiger partial charge in [0.15, 0.2) is 0 Å². The Morgan fingerprint density at radius 2 is 2.32 bits per heavy atom. The van der Waals surface area contributed by atoms with Crippen LogP contribution in [0.25, 0.3) is 0 Å². The highest BCUT2D eigenvalue weighted by molar-refractivity contribution is 9.10. The number of likely N-dealkylation sites (tertiary alicyclic amines) is 1. The van der Waals surface area contributed by atoms with Crippen LogP contribution < -0.4 is 5.32 Å². The predicted molar refractivity (Wildman–Crippen MR) is 88.7 cm³/mol. The summed E-state index contributed by atoms with van der Waals surface area (Å²) in [5.41, 5.74) is 0. The molecule has 3 rings (SSSR count). The molecule has 0 saturated carbocycles. The van der Waals surface area contributed by atoms with Crippen LogP contribution in [0.5, 0.6) is 0 Å². The highest BCUT2D eigenvalue weighted by Crippen LogP contribution is 2.21. The van der Waals surface area contributed by atoms with Crippen molar-refractivity contribution in [1.29, 1.82) is 0 Å². The van der Waals surface area contributed by atoms with Crippen molar-refractivity contribution in [2.75, 3.05) is 31.6 Å². The van der Waals surface area contributed by atoms with Crippen molar-refractivity contribution in [2.45, 2.75) is 31.8 Å². The highest BCUT2D eigenvalue weighted by Gasteiger charge is 2.28. The van der Waals surface area contributed by atoms with E-state index in [9.17, 15) is 4.79 Å². The second-order valence-corrected chi connectivity index (χ2v) is 7.00. The second kappa shape index (κ2) is 7.53. The fraction of sp³-hybridized carbons (Fsp3) is 0.625. The fourth-order valence-corrected chi connectivity index (χ4v) is 3.42. The van der Waals surface area contributed by atoms with E-state index in [1.165, 1.54) is 0 Å². The molecule has 0 radical (unpaired) electrons. The molecule has 3 heterocycles. The maximum Gasteiger partial charge on any atom is 0.229 e. The standard InChI is InChI=1S/C16H22BrN3O2/c17-13-5-6-15(18-9-13)19-16(21)12-3-1-7-20(10-12)11-14-4-2-8-22-14/h5-6,9,12,14H,1-4,7-8,10-11H2,(H,18,19,21)/t12-,14+/m1/s1. The molecule has 0 bridgehead atoms. The Bertz CT molecular complexity index is 503. The topological polar surface area (TPSA) is 54.5 Å². The van der Waals surface area contributed by atoms with Gasteiger partial charge in [0.05, 0.1) is 12.0 Å². The normalized spacial score (nSPS) is 26.0. The summed E-state index contributed by atoms with van der Waals surface area (Å²) in [7, 11) is 0. The van der Waals surface area contributed by atoms with Gasteiger partial charge in [0.1, 0.15) is 5.82 Å². The number of hydrogen-bond donors (Lipinski definition) is 1. The number of rotatable bonds is 4. The Morgan fingerprint density at radius 3 is 3.05 bits per heavy atom. The molecule has 2 saturated heterocycles. The van der Waals surface area contributed by atoms with Crippen molar-refractivity contribution in [3.8, 4) is 0 Å². The number of carbonyl (C=O) groups excluding carboxylic acids is 1. The summed E-state index contributed by atoms with van der Waals surface area (Å²) in [6, 6.07) is 3.70. The molecule has 2 atom stereocenters. The molecular formula is C16H22BrN3O2. The van der Waals surface area contributed by atoms with Gasteiger partial charge >= 0.3 is 0 Å². The third-order valence-electron chi connectivity index (χ3n) is 4.34. The van der Waals surface area contributed by atoms with Crippen LogP contribution in [0.15, 0.2) is 22.8 Å². The van der Waals surface area contributed by atoms with E-state index in [1.807, 2.05) is 12.1 Å². The van der Waals surface area contributed by atoms with Gasteiger partial charge in [0.2, 0.25) is 5.91 Å². The monoisotopic (exact) mass is 367 g/mol. The van der Waals surface area contributed by atoms with Gasteiger partial charge in [-0.3, -0.25) is 9.69 Å². The Balaban J connectivity index is 1.52. The molecule has 120 valence electrons. The molecule has 0 unspecified atom stereocenters. The molecule has 1 aromatic rings. The lowest BCUT2D eigenvalue weighted by Gasteiger charge is -2.33. The number of nitrogens with one attached hydrogen (secondary N) is 1. The fourth-order valence-electron chi connectivity index (χ4n) is 3.19. The number of amides is 1. The predicted octanol–water partition coefficient (Wildman–Crippen LogP) is 2.67. The summed E-state index contributed by atoms with van der Waals surface area (Å²) in [4.78, 5) is 19.0. The Kier molecular flexibility index (Phi) is 5.44. The molecule has 2 aliphatic heterocycles. The molecule has 22 heavy (non-hydrogen) atoms. The van der Waals surface area contributed by atoms with Gasteiger partial charge in [-0.2, -0.15) is 0 Å². The molecule has 0 spiro atoms. The van der Waals surface area contributed by atoms with Crippen LogP contribution >= 0.6 is 15.9 Å². The minimum Gasteiger partial charge on any atom is -0.377 e. The van der Waals surface area contributed by atoms with E-state index < -0.39 is 0 Å². The first-order valence-corrected chi connectivity index (χ1v) is 8.76. The van der Waals surface area contributed by atoms with Crippen molar-refractivity contribution < 1.29 is 9.53 Å². The lowest BCUT2D eigenvalue weighted by atomic mass is 9.96. The van der Waals surface area contributed by atoms with Gasteiger partial charge in [-0.05, 0) is 60.3 Å². The van der Waals surface area contributed by atoms with Crippen molar-refractivity contribution in [3.05, 3.63) is 22.8 Å². The number of aromatic nitrogens is 1. The van der Waals surface area contributed by atoms with Crippen molar-refractivity contribution >= 4 is 27.7 Å². The average molecular weight is 368 g/mol. The zero-order valence-corrected chi connectivity index (χ0v) is 14.2. The van der Waals surface area contributed by atoms with Crippen molar-refractivity contribution in [2.24, 2.45) is 5.92 Å². The summed E-state index contributed by atoms with van der Waals surface area (Å²) in [5, 5.41) is 2.92. The SMILES string of the molecule is O=C(Nc1ccc(Br)cn1)[C@@H]1CCCN(C[C@@H]2CCCO2)C1. The van der Waals surface area contributed by atoms with Crippen LogP contribution in [0, 0.1) is 5.92 Å². The van der Waals surface area contributed by atoms with E-state index in [0.29, 0.717) is 11.9 Å². The van der Waals surface area contributed by atoms with Gasteiger partial charge < -0.3 is 10.1 Å². The number of nitrogens with zero attached hydrogens (tertiary/aromatic N) is 2. The van der Waals surface area contributed by atoms with E-state index in [1.54, 1.807) is 6.20 Å². The molecule has 0 aliphatic carbocycles. The van der Waals surface area contributed by atoms with Gasteiger partial charge in [-0.1, -0.05) is 0 Å². The van der Waals surface area contributed by atoms with Crippen molar-refractivity contribution in [1.82, 2.24) is 9.88 Å². The highest BCUT2D eigenvalue weighted by atomic mass is 79.9. The van der Waals surface area contributed by atoms with Crippen LogP contribution in [0.4, 0.5) is 5.82 Å². The van der Waals surface area contributed by atoms with Gasteiger partial charge in [-0.25, -0.2) is 4.98 Å². The van der Waals surface area contributed by atoms with Crippen LogP contribution in [0.1, 0.15) is 25.7 Å². The zero-order valence-electron chi connectivity index (χ0n) is 12.6. The lowest BCUT2D eigenvalue weighted by molar-refractivity contribution is -0.121. The number of anilines is 1. The van der Waals surface area contributed by atoms with E-state index in [2.05, 4.69) is 31.1 Å². The maximum absolute atomic E-state index is 12.4. The third kappa shape index (κ3) is 4.27. The van der Waals surface area contributed by atoms with Crippen LogP contribution in [-0.4, -0.2) is 48.1 Å². The zero-order chi connectivity index (χ0) is 15.4. The first-order valence-electron chi connectivity index (χ1n) is 7.97. The van der Waals surface area contributed by atoms with E-state index in [-0.39, 0.29) is 11.8 Å². The number of carbonyl (C=O) groups is 1. The van der Waals surface area contributed by atoms with Gasteiger partial charge in [0.25, 0.3) is 0 Å². The quantitative estimate of drug-likeness (QED) is 0.888. The van der Waals surface area contributed by atoms with Crippen LogP contribution in [-0.2, 0) is 9.53 Å². The molecule has 1 N–H and O–H groups in total. The number of pyridine rings is 1. The van der Waals surface area contributed by atoms with Crippen LogP contribution in [0.2, 0.25) is 0 Å². The Labute approximate surface area is 139 Å². The number of halogens is 1. The number of ether oxygens (including phenoxy) is 1. The van der Waals surface area contributed by atoms with Crippen molar-refractivity contribution in [3.63, 3.8) is 0 Å². The Hall–Kier alpha value is -0.980. The molecule has 6 heteroatoms. The van der Waals surface area contributed by atoms with Gasteiger partial charge in [-0.15, -0.1) is 0 Å². The van der Waals surface area contributed by atoms with E-state index in [4.69, 9.17) is 4.74 Å². The van der Waals surface area contributed by atoms with Gasteiger partial charge in [0, 0.05) is 30.4 Å². The molecule has 5 nitrogen and oxygen atoms in total. The Morgan fingerprint density at radius 1 is 1.41 bits per heavy atom. The minimum atomic E-state index is 0.0422.